The fourth-order valence-electron chi connectivity index (χ4n) is 0.767. The third kappa shape index (κ3) is 2.17. The second-order valence-electron chi connectivity index (χ2n) is 2.28. The van der Waals surface area contributed by atoms with Crippen LogP contribution in [-0.4, -0.2) is 18.7 Å². The van der Waals surface area contributed by atoms with Gasteiger partial charge in [-0.25, -0.2) is 0 Å². The normalized spacial score (nSPS) is 14.9. The molecule has 3 heteroatoms. The van der Waals surface area contributed by atoms with Crippen molar-refractivity contribution in [2.45, 2.75) is 20.3 Å². The highest BCUT2D eigenvalue weighted by Crippen LogP contribution is 2.02. The summed E-state index contributed by atoms with van der Waals surface area (Å²) in [5, 5.41) is 0. The van der Waals surface area contributed by atoms with Gasteiger partial charge >= 0.3 is 0 Å². The molecule has 1 amide bonds. The number of carbonyl (C=O) groups is 1. The molecule has 0 bridgehead atoms. The first-order chi connectivity index (χ1) is 4.63. The molecule has 0 fully saturated rings. The van der Waals surface area contributed by atoms with Gasteiger partial charge in [0.15, 0.2) is 0 Å². The minimum atomic E-state index is -0.406. The number of aliphatic imine (C=N–C) groups is 1. The molecule has 0 aromatic carbocycles. The van der Waals surface area contributed by atoms with Crippen molar-refractivity contribution in [3.05, 3.63) is 0 Å². The van der Waals surface area contributed by atoms with Gasteiger partial charge in [-0.1, -0.05) is 13.8 Å². The molecule has 0 radical (unpaired) electrons. The minimum Gasteiger partial charge on any atom is -0.365 e. The Labute approximate surface area is 61.3 Å². The van der Waals surface area contributed by atoms with Crippen LogP contribution in [0.1, 0.15) is 20.3 Å². The van der Waals surface area contributed by atoms with Crippen LogP contribution in [-0.2, 0) is 4.79 Å². The zero-order chi connectivity index (χ0) is 8.15. The fourth-order valence-corrected chi connectivity index (χ4v) is 0.767. The quantitative estimate of drug-likeness (QED) is 0.576. The van der Waals surface area contributed by atoms with Crippen molar-refractivity contribution >= 4 is 11.6 Å². The van der Waals surface area contributed by atoms with E-state index in [1.807, 2.05) is 13.8 Å². The molecule has 0 aliphatic rings. The van der Waals surface area contributed by atoms with E-state index >= 15 is 0 Å². The van der Waals surface area contributed by atoms with Crippen molar-refractivity contribution in [3.63, 3.8) is 0 Å². The van der Waals surface area contributed by atoms with E-state index in [1.165, 1.54) is 0 Å². The largest absolute Gasteiger partial charge is 0.365 e. The highest BCUT2D eigenvalue weighted by Gasteiger charge is 2.12. The van der Waals surface area contributed by atoms with E-state index in [-0.39, 0.29) is 5.92 Å². The van der Waals surface area contributed by atoms with Crippen molar-refractivity contribution in [2.75, 3.05) is 7.05 Å². The van der Waals surface area contributed by atoms with Crippen molar-refractivity contribution in [2.24, 2.45) is 16.6 Å². The van der Waals surface area contributed by atoms with E-state index in [0.717, 1.165) is 6.42 Å². The Balaban J connectivity index is 4.23. The van der Waals surface area contributed by atoms with Gasteiger partial charge in [-0.05, 0) is 6.42 Å². The van der Waals surface area contributed by atoms with Crippen molar-refractivity contribution in [3.8, 4) is 0 Å². The molecule has 0 unspecified atom stereocenters. The summed E-state index contributed by atoms with van der Waals surface area (Å²) in [6.45, 7) is 3.94. The number of rotatable bonds is 3. The summed E-state index contributed by atoms with van der Waals surface area (Å²) in [6, 6.07) is 0. The van der Waals surface area contributed by atoms with Gasteiger partial charge in [-0.15, -0.1) is 0 Å². The van der Waals surface area contributed by atoms with E-state index in [4.69, 9.17) is 5.73 Å². The molecule has 58 valence electrons. The molecule has 3 nitrogen and oxygen atoms in total. The molecule has 0 heterocycles. The van der Waals surface area contributed by atoms with Crippen LogP contribution in [0, 0.1) is 5.92 Å². The lowest BCUT2D eigenvalue weighted by Gasteiger charge is -2.06. The van der Waals surface area contributed by atoms with Gasteiger partial charge in [-0.2, -0.15) is 0 Å². The molecule has 0 aliphatic carbocycles. The second kappa shape index (κ2) is 4.04. The molecule has 10 heavy (non-hydrogen) atoms. The first kappa shape index (κ1) is 9.14. The van der Waals surface area contributed by atoms with Gasteiger partial charge in [0.2, 0.25) is 0 Å². The van der Waals surface area contributed by atoms with Gasteiger partial charge in [0.1, 0.15) is 5.71 Å². The molecule has 0 aliphatic heterocycles. The standard InChI is InChI=1S/C7H14N2O/c1-4-5(2)6(9-3)7(8)10/h5H,4H2,1-3H3,(H2,8,10)/b9-6-/t5-/m0/s1. The third-order valence-electron chi connectivity index (χ3n) is 1.57. The number of hydrogen-bond acceptors (Lipinski definition) is 2. The summed E-state index contributed by atoms with van der Waals surface area (Å²) >= 11 is 0. The highest BCUT2D eigenvalue weighted by atomic mass is 16.1. The monoisotopic (exact) mass is 142 g/mol. The third-order valence-corrected chi connectivity index (χ3v) is 1.57. The Morgan fingerprint density at radius 1 is 1.70 bits per heavy atom. The molecule has 0 spiro atoms. The van der Waals surface area contributed by atoms with Crippen LogP contribution in [0.5, 0.6) is 0 Å². The van der Waals surface area contributed by atoms with Crippen molar-refractivity contribution in [1.82, 2.24) is 0 Å². The molecular formula is C7H14N2O. The average molecular weight is 142 g/mol. The molecule has 0 saturated heterocycles. The Morgan fingerprint density at radius 3 is 2.30 bits per heavy atom. The zero-order valence-electron chi connectivity index (χ0n) is 6.72. The molecule has 0 aromatic heterocycles. The Morgan fingerprint density at radius 2 is 2.20 bits per heavy atom. The lowest BCUT2D eigenvalue weighted by atomic mass is 10.0. The smallest absolute Gasteiger partial charge is 0.262 e. The van der Waals surface area contributed by atoms with Gasteiger partial charge in [-0.3, -0.25) is 9.79 Å². The molecule has 0 aromatic rings. The number of amides is 1. The SMILES string of the molecule is CC[C@H](C)/C(=N/C)C(N)=O. The van der Waals surface area contributed by atoms with Crippen LogP contribution >= 0.6 is 0 Å². The first-order valence-electron chi connectivity index (χ1n) is 3.40. The maximum Gasteiger partial charge on any atom is 0.262 e. The van der Waals surface area contributed by atoms with Crippen LogP contribution in [0.3, 0.4) is 0 Å². The summed E-state index contributed by atoms with van der Waals surface area (Å²) in [5.41, 5.74) is 5.54. The van der Waals surface area contributed by atoms with E-state index in [1.54, 1.807) is 7.05 Å². The van der Waals surface area contributed by atoms with Crippen molar-refractivity contribution in [1.29, 1.82) is 0 Å². The first-order valence-corrected chi connectivity index (χ1v) is 3.40. The van der Waals surface area contributed by atoms with Gasteiger partial charge in [0.25, 0.3) is 5.91 Å². The molecule has 0 rings (SSSR count). The maximum atomic E-state index is 10.6. The van der Waals surface area contributed by atoms with Crippen LogP contribution in [0.4, 0.5) is 0 Å². The molecule has 1 atom stereocenters. The predicted octanol–water partition coefficient (Wildman–Crippen LogP) is 0.589. The number of nitrogens with zero attached hydrogens (tertiary/aromatic N) is 1. The van der Waals surface area contributed by atoms with Gasteiger partial charge in [0, 0.05) is 13.0 Å². The summed E-state index contributed by atoms with van der Waals surface area (Å²) in [5.74, 6) is -0.223. The fraction of sp³-hybridized carbons (Fsp3) is 0.714. The molecular weight excluding hydrogens is 128 g/mol. The Hall–Kier alpha value is -0.860. The summed E-state index contributed by atoms with van der Waals surface area (Å²) in [7, 11) is 1.59. The highest BCUT2D eigenvalue weighted by molar-refractivity contribution is 6.38. The Bertz CT molecular complexity index is 152. The summed E-state index contributed by atoms with van der Waals surface area (Å²) < 4.78 is 0. The topological polar surface area (TPSA) is 55.4 Å². The minimum absolute atomic E-state index is 0.183. The predicted molar refractivity (Wildman–Crippen MR) is 42.0 cm³/mol. The number of primary amides is 1. The lowest BCUT2D eigenvalue weighted by molar-refractivity contribution is -0.112. The van der Waals surface area contributed by atoms with Crippen LogP contribution in [0.25, 0.3) is 0 Å². The number of hydrogen-bond donors (Lipinski definition) is 1. The second-order valence-corrected chi connectivity index (χ2v) is 2.28. The van der Waals surface area contributed by atoms with E-state index in [9.17, 15) is 4.79 Å². The number of nitrogens with two attached hydrogens (primary N) is 1. The number of carbonyl (C=O) groups excluding carboxylic acids is 1. The molecule has 2 N–H and O–H groups in total. The van der Waals surface area contributed by atoms with Crippen LogP contribution in [0.2, 0.25) is 0 Å². The average Bonchev–Trinajstić information content (AvgIpc) is 1.88. The Kier molecular flexibility index (Phi) is 3.69. The van der Waals surface area contributed by atoms with E-state index < -0.39 is 5.91 Å². The summed E-state index contributed by atoms with van der Waals surface area (Å²) in [6.07, 6.45) is 0.898. The lowest BCUT2D eigenvalue weighted by Crippen LogP contribution is -2.28. The van der Waals surface area contributed by atoms with Crippen LogP contribution in [0.15, 0.2) is 4.99 Å². The van der Waals surface area contributed by atoms with E-state index in [2.05, 4.69) is 4.99 Å². The summed E-state index contributed by atoms with van der Waals surface area (Å²) in [4.78, 5) is 14.4. The zero-order valence-corrected chi connectivity index (χ0v) is 6.72. The molecule has 0 saturated carbocycles. The van der Waals surface area contributed by atoms with Crippen LogP contribution < -0.4 is 5.73 Å². The van der Waals surface area contributed by atoms with Crippen molar-refractivity contribution < 1.29 is 4.79 Å². The van der Waals surface area contributed by atoms with Gasteiger partial charge < -0.3 is 5.73 Å². The van der Waals surface area contributed by atoms with Gasteiger partial charge in [0.05, 0.1) is 0 Å². The van der Waals surface area contributed by atoms with E-state index in [0.29, 0.717) is 5.71 Å². The maximum absolute atomic E-state index is 10.6.